The molecule has 1 aliphatic heterocycles. The smallest absolute Gasteiger partial charge is 0.332 e. The normalized spacial score (nSPS) is 14.3. The number of fused-ring (bicyclic) bond motifs is 1. The quantitative estimate of drug-likeness (QED) is 0.616. The summed E-state index contributed by atoms with van der Waals surface area (Å²) in [6.07, 6.45) is 2.49. The second-order valence-corrected chi connectivity index (χ2v) is 8.05. The lowest BCUT2D eigenvalue weighted by molar-refractivity contribution is -0.136. The summed E-state index contributed by atoms with van der Waals surface area (Å²) in [5, 5.41) is 3.06. The van der Waals surface area contributed by atoms with E-state index in [4.69, 9.17) is 4.74 Å². The first kappa shape index (κ1) is 22.3. The van der Waals surface area contributed by atoms with E-state index in [0.717, 1.165) is 4.57 Å². The molecule has 1 N–H and O–H groups in total. The predicted octanol–water partition coefficient (Wildman–Crippen LogP) is 0.888. The molecule has 172 valence electrons. The van der Waals surface area contributed by atoms with Gasteiger partial charge in [0.15, 0.2) is 6.61 Å². The highest BCUT2D eigenvalue weighted by atomic mass is 16.5. The molecule has 2 aromatic heterocycles. The van der Waals surface area contributed by atoms with Crippen LogP contribution < -0.4 is 21.3 Å². The Kier molecular flexibility index (Phi) is 6.25. The topological polar surface area (TPSA) is 116 Å². The van der Waals surface area contributed by atoms with Gasteiger partial charge < -0.3 is 15.0 Å². The number of amides is 2. The van der Waals surface area contributed by atoms with Crippen molar-refractivity contribution >= 4 is 28.5 Å². The molecule has 0 saturated carbocycles. The maximum Gasteiger partial charge on any atom is 0.332 e. The number of aromatic nitrogens is 3. The molecule has 1 aliphatic rings. The molecule has 33 heavy (non-hydrogen) atoms. The molecule has 3 aromatic rings. The molecule has 1 fully saturated rings. The zero-order valence-corrected chi connectivity index (χ0v) is 18.5. The Morgan fingerprint density at radius 1 is 1.09 bits per heavy atom. The SMILES string of the molecule is Cn1c(=O)c2cc(NC(=O)C3CCN(C(=O)COc4ccccc4)CC3)cnc2n(C)c1=O. The van der Waals surface area contributed by atoms with E-state index in [9.17, 15) is 19.2 Å². The minimum atomic E-state index is -0.471. The van der Waals surface area contributed by atoms with Crippen LogP contribution in [-0.4, -0.2) is 50.5 Å². The number of pyridine rings is 1. The molecule has 0 aliphatic carbocycles. The van der Waals surface area contributed by atoms with Gasteiger partial charge in [0, 0.05) is 33.1 Å². The van der Waals surface area contributed by atoms with Crippen LogP contribution in [0, 0.1) is 5.92 Å². The Hall–Kier alpha value is -3.95. The number of carbonyl (C=O) groups excluding carboxylic acids is 2. The summed E-state index contributed by atoms with van der Waals surface area (Å²) in [7, 11) is 2.94. The highest BCUT2D eigenvalue weighted by Crippen LogP contribution is 2.21. The van der Waals surface area contributed by atoms with Crippen LogP contribution in [0.15, 0.2) is 52.2 Å². The Balaban J connectivity index is 1.35. The zero-order chi connectivity index (χ0) is 23.5. The summed E-state index contributed by atoms with van der Waals surface area (Å²) in [6, 6.07) is 10.7. The van der Waals surface area contributed by atoms with Gasteiger partial charge in [-0.2, -0.15) is 0 Å². The average molecular weight is 451 g/mol. The van der Waals surface area contributed by atoms with Crippen LogP contribution in [0.3, 0.4) is 0 Å². The first-order chi connectivity index (χ1) is 15.8. The van der Waals surface area contributed by atoms with Crippen LogP contribution in [0.1, 0.15) is 12.8 Å². The Morgan fingerprint density at radius 2 is 1.79 bits per heavy atom. The lowest BCUT2D eigenvalue weighted by atomic mass is 9.96. The summed E-state index contributed by atoms with van der Waals surface area (Å²) in [5.74, 6) is 0.0742. The second kappa shape index (κ2) is 9.27. The molecule has 0 atom stereocenters. The third kappa shape index (κ3) is 4.64. The maximum absolute atomic E-state index is 12.8. The monoisotopic (exact) mass is 451 g/mol. The van der Waals surface area contributed by atoms with Crippen molar-refractivity contribution in [3.8, 4) is 5.75 Å². The van der Waals surface area contributed by atoms with Gasteiger partial charge in [-0.15, -0.1) is 0 Å². The molecular weight excluding hydrogens is 426 g/mol. The lowest BCUT2D eigenvalue weighted by Gasteiger charge is -2.31. The van der Waals surface area contributed by atoms with Gasteiger partial charge in [0.05, 0.1) is 17.3 Å². The molecular formula is C23H25N5O5. The van der Waals surface area contributed by atoms with Crippen LogP contribution in [-0.2, 0) is 23.7 Å². The summed E-state index contributed by atoms with van der Waals surface area (Å²) >= 11 is 0. The van der Waals surface area contributed by atoms with E-state index in [2.05, 4.69) is 10.3 Å². The fraction of sp³-hybridized carbons (Fsp3) is 0.348. The molecule has 0 bridgehead atoms. The van der Waals surface area contributed by atoms with Gasteiger partial charge >= 0.3 is 5.69 Å². The molecule has 0 spiro atoms. The Bertz CT molecular complexity index is 1310. The van der Waals surface area contributed by atoms with Gasteiger partial charge in [-0.3, -0.25) is 23.5 Å². The van der Waals surface area contributed by atoms with Crippen LogP contribution in [0.2, 0.25) is 0 Å². The zero-order valence-electron chi connectivity index (χ0n) is 18.5. The van der Waals surface area contributed by atoms with Crippen molar-refractivity contribution in [1.82, 2.24) is 19.0 Å². The van der Waals surface area contributed by atoms with E-state index in [1.54, 1.807) is 17.0 Å². The highest BCUT2D eigenvalue weighted by molar-refractivity contribution is 5.94. The van der Waals surface area contributed by atoms with Crippen LogP contribution in [0.4, 0.5) is 5.69 Å². The highest BCUT2D eigenvalue weighted by Gasteiger charge is 2.27. The Morgan fingerprint density at radius 3 is 2.48 bits per heavy atom. The first-order valence-electron chi connectivity index (χ1n) is 10.7. The number of anilines is 1. The van der Waals surface area contributed by atoms with Crippen LogP contribution >= 0.6 is 0 Å². The van der Waals surface area contributed by atoms with Gasteiger partial charge in [-0.25, -0.2) is 9.78 Å². The summed E-state index contributed by atoms with van der Waals surface area (Å²) in [6.45, 7) is 0.891. The van der Waals surface area contributed by atoms with Crippen molar-refractivity contribution in [2.75, 3.05) is 25.0 Å². The van der Waals surface area contributed by atoms with Gasteiger partial charge in [-0.1, -0.05) is 18.2 Å². The third-order valence-electron chi connectivity index (χ3n) is 5.88. The number of piperidine rings is 1. The molecule has 10 heteroatoms. The number of nitrogens with zero attached hydrogens (tertiary/aromatic N) is 4. The molecule has 10 nitrogen and oxygen atoms in total. The van der Waals surface area contributed by atoms with Crippen molar-refractivity contribution < 1.29 is 14.3 Å². The third-order valence-corrected chi connectivity index (χ3v) is 5.88. The molecule has 0 radical (unpaired) electrons. The molecule has 1 saturated heterocycles. The largest absolute Gasteiger partial charge is 0.484 e. The van der Waals surface area contributed by atoms with Crippen molar-refractivity contribution in [2.24, 2.45) is 20.0 Å². The minimum Gasteiger partial charge on any atom is -0.484 e. The van der Waals surface area contributed by atoms with E-state index in [1.807, 2.05) is 18.2 Å². The first-order valence-corrected chi connectivity index (χ1v) is 10.7. The van der Waals surface area contributed by atoms with Gasteiger partial charge in [-0.05, 0) is 31.0 Å². The number of hydrogen-bond acceptors (Lipinski definition) is 6. The molecule has 4 rings (SSSR count). The van der Waals surface area contributed by atoms with E-state index in [1.165, 1.54) is 30.9 Å². The van der Waals surface area contributed by atoms with E-state index in [0.29, 0.717) is 37.4 Å². The number of para-hydroxylation sites is 1. The number of aryl methyl sites for hydroxylation is 1. The van der Waals surface area contributed by atoms with Crippen LogP contribution in [0.25, 0.3) is 11.0 Å². The maximum atomic E-state index is 12.8. The molecule has 2 amide bonds. The van der Waals surface area contributed by atoms with Gasteiger partial charge in [0.2, 0.25) is 5.91 Å². The van der Waals surface area contributed by atoms with E-state index < -0.39 is 11.2 Å². The van der Waals surface area contributed by atoms with Crippen LogP contribution in [0.5, 0.6) is 5.75 Å². The summed E-state index contributed by atoms with van der Waals surface area (Å²) in [5.41, 5.74) is -0.294. The van der Waals surface area contributed by atoms with Crippen molar-refractivity contribution in [3.63, 3.8) is 0 Å². The number of carbonyl (C=O) groups is 2. The Labute approximate surface area is 189 Å². The fourth-order valence-electron chi connectivity index (χ4n) is 3.92. The van der Waals surface area contributed by atoms with E-state index in [-0.39, 0.29) is 35.4 Å². The number of likely N-dealkylation sites (tertiary alicyclic amines) is 1. The average Bonchev–Trinajstić information content (AvgIpc) is 2.85. The number of ether oxygens (including phenoxy) is 1. The van der Waals surface area contributed by atoms with E-state index >= 15 is 0 Å². The lowest BCUT2D eigenvalue weighted by Crippen LogP contribution is -2.43. The fourth-order valence-corrected chi connectivity index (χ4v) is 3.92. The van der Waals surface area contributed by atoms with Gasteiger partial charge in [0.25, 0.3) is 11.5 Å². The van der Waals surface area contributed by atoms with Crippen molar-refractivity contribution in [3.05, 3.63) is 63.4 Å². The molecule has 0 unspecified atom stereocenters. The van der Waals surface area contributed by atoms with Crippen molar-refractivity contribution in [2.45, 2.75) is 12.8 Å². The summed E-state index contributed by atoms with van der Waals surface area (Å²) < 4.78 is 7.81. The molecule has 3 heterocycles. The predicted molar refractivity (Wildman–Crippen MR) is 122 cm³/mol. The second-order valence-electron chi connectivity index (χ2n) is 8.05. The number of hydrogen-bond donors (Lipinski definition) is 1. The number of nitrogens with one attached hydrogen (secondary N) is 1. The summed E-state index contributed by atoms with van der Waals surface area (Å²) in [4.78, 5) is 55.5. The molecule has 1 aromatic carbocycles. The van der Waals surface area contributed by atoms with Crippen molar-refractivity contribution in [1.29, 1.82) is 0 Å². The minimum absolute atomic E-state index is 0.0406. The standard InChI is InChI=1S/C23H25N5O5/c1-26-20-18(22(31)27(2)23(26)32)12-16(13-24-20)25-21(30)15-8-10-28(11-9-15)19(29)14-33-17-6-4-3-5-7-17/h3-7,12-13,15H,8-11,14H2,1-2H3,(H,25,30). The van der Waals surface area contributed by atoms with Gasteiger partial charge in [0.1, 0.15) is 11.4 Å². The number of benzene rings is 1. The number of rotatable bonds is 5.